The first-order chi connectivity index (χ1) is 10.5. The Bertz CT molecular complexity index is 616. The van der Waals surface area contributed by atoms with Gasteiger partial charge in [0.25, 0.3) is 0 Å². The van der Waals surface area contributed by atoms with Gasteiger partial charge < -0.3 is 0 Å². The molecule has 2 rings (SSSR count). The summed E-state index contributed by atoms with van der Waals surface area (Å²) >= 11 is 0. The lowest BCUT2D eigenvalue weighted by atomic mass is 10.0. The highest BCUT2D eigenvalue weighted by molar-refractivity contribution is 5.89. The number of nitrogens with zero attached hydrogens (tertiary/aromatic N) is 2. The van der Waals surface area contributed by atoms with Gasteiger partial charge in [0.05, 0.1) is 0 Å². The second-order valence-electron chi connectivity index (χ2n) is 6.00. The van der Waals surface area contributed by atoms with E-state index in [-0.39, 0.29) is 0 Å². The topological polar surface area (TPSA) is 24.7 Å². The summed E-state index contributed by atoms with van der Waals surface area (Å²) in [5.74, 6) is 0. The summed E-state index contributed by atoms with van der Waals surface area (Å²) in [6.07, 6.45) is 3.90. The van der Waals surface area contributed by atoms with Crippen molar-refractivity contribution in [2.75, 3.05) is 0 Å². The Balaban J connectivity index is 2.44. The van der Waals surface area contributed by atoms with Crippen LogP contribution in [0.4, 0.5) is 0 Å². The van der Waals surface area contributed by atoms with Crippen LogP contribution in [-0.2, 0) is 0 Å². The van der Waals surface area contributed by atoms with Crippen LogP contribution in [0.3, 0.4) is 0 Å². The van der Waals surface area contributed by atoms with E-state index in [0.29, 0.717) is 12.1 Å². The zero-order valence-corrected chi connectivity index (χ0v) is 13.8. The molecule has 0 spiro atoms. The van der Waals surface area contributed by atoms with E-state index in [9.17, 15) is 0 Å². The van der Waals surface area contributed by atoms with Crippen LogP contribution in [0.25, 0.3) is 11.1 Å². The van der Waals surface area contributed by atoms with Gasteiger partial charge in [-0.3, -0.25) is 9.98 Å². The molecule has 0 bridgehead atoms. The molecule has 0 saturated heterocycles. The highest BCUT2D eigenvalue weighted by Crippen LogP contribution is 2.21. The molecule has 0 saturated carbocycles. The van der Waals surface area contributed by atoms with Crippen molar-refractivity contribution in [2.24, 2.45) is 9.98 Å². The summed E-state index contributed by atoms with van der Waals surface area (Å²) in [6, 6.07) is 17.5. The predicted molar refractivity (Wildman–Crippen MR) is 97.3 cm³/mol. The van der Waals surface area contributed by atoms with E-state index in [0.717, 1.165) is 11.1 Å². The number of rotatable bonds is 5. The van der Waals surface area contributed by atoms with E-state index in [1.807, 2.05) is 18.5 Å². The van der Waals surface area contributed by atoms with Crippen LogP contribution in [0.5, 0.6) is 0 Å². The van der Waals surface area contributed by atoms with Crippen LogP contribution in [0.1, 0.15) is 38.8 Å². The van der Waals surface area contributed by atoms with Gasteiger partial charge in [0, 0.05) is 24.5 Å². The maximum Gasteiger partial charge on any atom is 0.0443 e. The van der Waals surface area contributed by atoms with Gasteiger partial charge in [-0.2, -0.15) is 0 Å². The van der Waals surface area contributed by atoms with Crippen molar-refractivity contribution >= 4 is 12.4 Å². The van der Waals surface area contributed by atoms with Crippen LogP contribution < -0.4 is 0 Å². The maximum absolute atomic E-state index is 4.50. The Hall–Kier alpha value is -2.22. The third-order valence-corrected chi connectivity index (χ3v) is 3.13. The van der Waals surface area contributed by atoms with E-state index >= 15 is 0 Å². The van der Waals surface area contributed by atoms with Crippen molar-refractivity contribution in [3.8, 4) is 11.1 Å². The minimum Gasteiger partial charge on any atom is -0.290 e. The minimum absolute atomic E-state index is 0.299. The molecular weight excluding hydrogens is 268 g/mol. The molecule has 0 fully saturated rings. The van der Waals surface area contributed by atoms with Crippen LogP contribution in [0.2, 0.25) is 0 Å². The van der Waals surface area contributed by atoms with Gasteiger partial charge in [-0.05, 0) is 68.1 Å². The van der Waals surface area contributed by atoms with Crippen molar-refractivity contribution in [3.05, 3.63) is 59.7 Å². The first-order valence-electron chi connectivity index (χ1n) is 7.81. The van der Waals surface area contributed by atoms with Crippen molar-refractivity contribution in [3.63, 3.8) is 0 Å². The minimum atomic E-state index is 0.299. The monoisotopic (exact) mass is 292 g/mol. The zero-order chi connectivity index (χ0) is 15.9. The molecule has 0 N–H and O–H groups in total. The smallest absolute Gasteiger partial charge is 0.0443 e. The average Bonchev–Trinajstić information content (AvgIpc) is 2.51. The lowest BCUT2D eigenvalue weighted by molar-refractivity contribution is 0.841. The molecular formula is C20H24N2. The van der Waals surface area contributed by atoms with Gasteiger partial charge in [0.1, 0.15) is 0 Å². The van der Waals surface area contributed by atoms with Crippen LogP contribution in [-0.4, -0.2) is 24.5 Å². The summed E-state index contributed by atoms with van der Waals surface area (Å²) in [5.41, 5.74) is 4.63. The summed E-state index contributed by atoms with van der Waals surface area (Å²) in [4.78, 5) is 8.99. The Labute approximate surface area is 133 Å². The highest BCUT2D eigenvalue weighted by atomic mass is 14.7. The second kappa shape index (κ2) is 7.69. The van der Waals surface area contributed by atoms with E-state index in [4.69, 9.17) is 0 Å². The van der Waals surface area contributed by atoms with Gasteiger partial charge in [-0.25, -0.2) is 0 Å². The highest BCUT2D eigenvalue weighted by Gasteiger charge is 2.02. The molecule has 0 aliphatic rings. The maximum atomic E-state index is 4.50. The molecule has 0 heterocycles. The Morgan fingerprint density at radius 3 is 1.64 bits per heavy atom. The van der Waals surface area contributed by atoms with Gasteiger partial charge in [-0.1, -0.05) is 30.3 Å². The standard InChI is InChI=1S/C20H24N2/c1-15(2)21-13-17-10-18(14-22-16(3)4)12-20(11-17)19-8-6-5-7-9-19/h5-16H,1-4H3. The van der Waals surface area contributed by atoms with E-state index in [1.54, 1.807) is 0 Å². The van der Waals surface area contributed by atoms with E-state index in [1.165, 1.54) is 11.1 Å². The average molecular weight is 292 g/mol. The fraction of sp³-hybridized carbons (Fsp3) is 0.300. The lowest BCUT2D eigenvalue weighted by Gasteiger charge is -2.06. The Morgan fingerprint density at radius 2 is 1.18 bits per heavy atom. The summed E-state index contributed by atoms with van der Waals surface area (Å²) in [7, 11) is 0. The molecule has 0 amide bonds. The first kappa shape index (κ1) is 16.2. The van der Waals surface area contributed by atoms with Crippen molar-refractivity contribution in [1.29, 1.82) is 0 Å². The molecule has 2 nitrogen and oxygen atoms in total. The fourth-order valence-corrected chi connectivity index (χ4v) is 2.09. The van der Waals surface area contributed by atoms with Crippen LogP contribution >= 0.6 is 0 Å². The predicted octanol–water partition coefficient (Wildman–Crippen LogP) is 5.01. The second-order valence-corrected chi connectivity index (χ2v) is 6.00. The first-order valence-corrected chi connectivity index (χ1v) is 7.81. The summed E-state index contributed by atoms with van der Waals surface area (Å²) in [5, 5.41) is 0. The molecule has 114 valence electrons. The van der Waals surface area contributed by atoms with Crippen LogP contribution in [0, 0.1) is 0 Å². The molecule has 0 atom stereocenters. The number of benzene rings is 2. The third kappa shape index (κ3) is 4.96. The summed E-state index contributed by atoms with van der Waals surface area (Å²) < 4.78 is 0. The molecule has 2 aromatic rings. The van der Waals surface area contributed by atoms with E-state index < -0.39 is 0 Å². The van der Waals surface area contributed by atoms with Crippen molar-refractivity contribution in [1.82, 2.24) is 0 Å². The number of aliphatic imine (C=N–C) groups is 2. The fourth-order valence-electron chi connectivity index (χ4n) is 2.09. The normalized spacial score (nSPS) is 12.1. The molecule has 0 aromatic heterocycles. The zero-order valence-electron chi connectivity index (χ0n) is 13.8. The SMILES string of the molecule is CC(C)N=Cc1cc(C=NC(C)C)cc(-c2ccccc2)c1. The molecule has 0 aliphatic carbocycles. The molecule has 2 aromatic carbocycles. The Kier molecular flexibility index (Phi) is 5.65. The van der Waals surface area contributed by atoms with Gasteiger partial charge in [0.2, 0.25) is 0 Å². The third-order valence-electron chi connectivity index (χ3n) is 3.13. The number of hydrogen-bond donors (Lipinski definition) is 0. The molecule has 0 aliphatic heterocycles. The van der Waals surface area contributed by atoms with Crippen molar-refractivity contribution in [2.45, 2.75) is 39.8 Å². The van der Waals surface area contributed by atoms with Crippen molar-refractivity contribution < 1.29 is 0 Å². The van der Waals surface area contributed by atoms with Gasteiger partial charge in [0.15, 0.2) is 0 Å². The molecule has 0 unspecified atom stereocenters. The van der Waals surface area contributed by atoms with Crippen LogP contribution in [0.15, 0.2) is 58.5 Å². The number of hydrogen-bond acceptors (Lipinski definition) is 2. The van der Waals surface area contributed by atoms with E-state index in [2.05, 4.69) is 80.1 Å². The van der Waals surface area contributed by atoms with Gasteiger partial charge >= 0.3 is 0 Å². The Morgan fingerprint density at radius 1 is 0.682 bits per heavy atom. The van der Waals surface area contributed by atoms with Gasteiger partial charge in [-0.15, -0.1) is 0 Å². The molecule has 0 radical (unpaired) electrons. The summed E-state index contributed by atoms with van der Waals surface area (Å²) in [6.45, 7) is 8.33. The largest absolute Gasteiger partial charge is 0.290 e. The quantitative estimate of drug-likeness (QED) is 0.692. The molecule has 2 heteroatoms. The lowest BCUT2D eigenvalue weighted by Crippen LogP contribution is -1.95. The molecule has 22 heavy (non-hydrogen) atoms.